The Labute approximate surface area is 278 Å². The SMILES string of the molecule is COc1cc(/C=N/NC(=O)c2ccc(COc3ccc(-n4c(C)ccc4C)cc3)o2)cc(I)c1OCC(=O)Nc1cccc(F)c1. The molecule has 0 atom stereocenters. The first-order valence-corrected chi connectivity index (χ1v) is 15.1. The molecule has 0 unspecified atom stereocenters. The molecule has 2 amide bonds. The lowest BCUT2D eigenvalue weighted by Crippen LogP contribution is -2.20. The summed E-state index contributed by atoms with van der Waals surface area (Å²) in [6.07, 6.45) is 1.44. The Morgan fingerprint density at radius 1 is 0.978 bits per heavy atom. The molecule has 0 saturated heterocycles. The number of carbonyl (C=O) groups excluding carboxylic acids is 2. The van der Waals surface area contributed by atoms with Crippen molar-refractivity contribution in [3.63, 3.8) is 0 Å². The second-order valence-electron chi connectivity index (χ2n) is 10.1. The number of carbonyl (C=O) groups is 2. The Bertz CT molecular complexity index is 1860. The van der Waals surface area contributed by atoms with Crippen LogP contribution in [0.5, 0.6) is 17.2 Å². The maximum atomic E-state index is 13.4. The lowest BCUT2D eigenvalue weighted by Gasteiger charge is -2.13. The Kier molecular flexibility index (Phi) is 10.4. The molecule has 0 aliphatic rings. The quantitative estimate of drug-likeness (QED) is 0.0828. The molecule has 0 aliphatic heterocycles. The molecule has 2 heterocycles. The predicted molar refractivity (Wildman–Crippen MR) is 180 cm³/mol. The van der Waals surface area contributed by atoms with Crippen molar-refractivity contribution in [1.29, 1.82) is 0 Å². The Morgan fingerprint density at radius 2 is 1.74 bits per heavy atom. The van der Waals surface area contributed by atoms with Crippen LogP contribution in [0.1, 0.15) is 33.3 Å². The van der Waals surface area contributed by atoms with Gasteiger partial charge in [0.2, 0.25) is 0 Å². The van der Waals surface area contributed by atoms with Crippen molar-refractivity contribution in [2.45, 2.75) is 20.5 Å². The number of amides is 2. The number of hydrogen-bond donors (Lipinski definition) is 2. The largest absolute Gasteiger partial charge is 0.493 e. The predicted octanol–water partition coefficient (Wildman–Crippen LogP) is 6.80. The van der Waals surface area contributed by atoms with Crippen LogP contribution in [-0.2, 0) is 11.4 Å². The summed E-state index contributed by atoms with van der Waals surface area (Å²) >= 11 is 2.04. The first-order chi connectivity index (χ1) is 22.2. The van der Waals surface area contributed by atoms with Crippen molar-refractivity contribution in [2.75, 3.05) is 19.0 Å². The van der Waals surface area contributed by atoms with Crippen LogP contribution >= 0.6 is 22.6 Å². The molecule has 0 saturated carbocycles. The number of benzene rings is 3. The second kappa shape index (κ2) is 14.8. The van der Waals surface area contributed by atoms with Gasteiger partial charge in [0, 0.05) is 22.8 Å². The molecule has 0 bridgehead atoms. The van der Waals surface area contributed by atoms with E-state index in [1.807, 2.05) is 46.9 Å². The van der Waals surface area contributed by atoms with Gasteiger partial charge in [-0.25, -0.2) is 9.82 Å². The van der Waals surface area contributed by atoms with Gasteiger partial charge in [0.15, 0.2) is 23.9 Å². The van der Waals surface area contributed by atoms with Crippen LogP contribution in [0, 0.1) is 23.2 Å². The fourth-order valence-electron chi connectivity index (χ4n) is 4.58. The number of furan rings is 1. The second-order valence-corrected chi connectivity index (χ2v) is 11.2. The third kappa shape index (κ3) is 8.13. The van der Waals surface area contributed by atoms with E-state index >= 15 is 0 Å². The van der Waals surface area contributed by atoms with Crippen molar-refractivity contribution in [3.8, 4) is 22.9 Å². The van der Waals surface area contributed by atoms with E-state index in [0.717, 1.165) is 17.1 Å². The average molecular weight is 737 g/mol. The molecule has 12 heteroatoms. The highest BCUT2D eigenvalue weighted by molar-refractivity contribution is 14.1. The van der Waals surface area contributed by atoms with Crippen LogP contribution in [0.3, 0.4) is 0 Å². The van der Waals surface area contributed by atoms with Crippen molar-refractivity contribution in [3.05, 3.63) is 123 Å². The van der Waals surface area contributed by atoms with Crippen LogP contribution in [0.15, 0.2) is 94.4 Å². The Balaban J connectivity index is 1.12. The molecule has 46 heavy (non-hydrogen) atoms. The zero-order valence-corrected chi connectivity index (χ0v) is 27.3. The van der Waals surface area contributed by atoms with Crippen LogP contribution in [-0.4, -0.2) is 36.3 Å². The average Bonchev–Trinajstić information content (AvgIpc) is 3.65. The summed E-state index contributed by atoms with van der Waals surface area (Å²) in [6, 6.07) is 24.1. The van der Waals surface area contributed by atoms with Crippen LogP contribution in [0.4, 0.5) is 10.1 Å². The van der Waals surface area contributed by atoms with E-state index in [9.17, 15) is 14.0 Å². The number of aryl methyl sites for hydroxylation is 2. The monoisotopic (exact) mass is 736 g/mol. The molecular weight excluding hydrogens is 706 g/mol. The number of methoxy groups -OCH3 is 1. The smallest absolute Gasteiger partial charge is 0.307 e. The van der Waals surface area contributed by atoms with E-state index < -0.39 is 17.6 Å². The van der Waals surface area contributed by atoms with E-state index in [1.165, 1.54) is 31.5 Å². The fraction of sp³-hybridized carbons (Fsp3) is 0.147. The lowest BCUT2D eigenvalue weighted by atomic mass is 10.2. The number of halogens is 2. The highest BCUT2D eigenvalue weighted by Crippen LogP contribution is 2.33. The number of anilines is 1. The van der Waals surface area contributed by atoms with E-state index in [0.29, 0.717) is 37.8 Å². The Morgan fingerprint density at radius 3 is 2.46 bits per heavy atom. The third-order valence-electron chi connectivity index (χ3n) is 6.72. The topological polar surface area (TPSA) is 116 Å². The molecule has 0 radical (unpaired) electrons. The number of nitrogens with one attached hydrogen (secondary N) is 2. The third-order valence-corrected chi connectivity index (χ3v) is 7.52. The van der Waals surface area contributed by atoms with E-state index in [-0.39, 0.29) is 19.0 Å². The van der Waals surface area contributed by atoms with E-state index in [1.54, 1.807) is 30.3 Å². The molecule has 0 aliphatic carbocycles. The number of rotatable bonds is 12. The fourth-order valence-corrected chi connectivity index (χ4v) is 5.36. The highest BCUT2D eigenvalue weighted by Gasteiger charge is 2.15. The van der Waals surface area contributed by atoms with Gasteiger partial charge in [0.05, 0.1) is 16.9 Å². The Hall–Kier alpha value is -5.11. The lowest BCUT2D eigenvalue weighted by molar-refractivity contribution is -0.118. The standard InChI is InChI=1S/C34H30FIN4O6/c1-21-7-8-22(2)40(21)26-9-11-27(12-10-26)44-19-28-13-14-30(46-28)34(42)39-37-18-23-15-29(36)33(31(16-23)43-3)45-20-32(41)38-25-6-4-5-24(35)17-25/h4-18H,19-20H2,1-3H3,(H,38,41)(H,39,42)/b37-18+. The summed E-state index contributed by atoms with van der Waals surface area (Å²) in [6.45, 7) is 3.95. The normalized spacial score (nSPS) is 11.0. The van der Waals surface area contributed by atoms with Crippen molar-refractivity contribution >= 4 is 46.3 Å². The van der Waals surface area contributed by atoms with E-state index in [2.05, 4.69) is 46.4 Å². The first kappa shape index (κ1) is 32.3. The molecule has 236 valence electrons. The summed E-state index contributed by atoms with van der Waals surface area (Å²) in [5.41, 5.74) is 6.72. The van der Waals surface area contributed by atoms with Crippen LogP contribution in [0.25, 0.3) is 5.69 Å². The molecule has 0 spiro atoms. The van der Waals surface area contributed by atoms with Gasteiger partial charge in [0.25, 0.3) is 5.91 Å². The van der Waals surface area contributed by atoms with Crippen LogP contribution < -0.4 is 25.0 Å². The minimum absolute atomic E-state index is 0.0806. The molecule has 5 aromatic rings. The van der Waals surface area contributed by atoms with Gasteiger partial charge in [0.1, 0.15) is 23.9 Å². The summed E-state index contributed by atoms with van der Waals surface area (Å²) < 4.78 is 38.8. The highest BCUT2D eigenvalue weighted by atomic mass is 127. The van der Waals surface area contributed by atoms with E-state index in [4.69, 9.17) is 18.6 Å². The maximum absolute atomic E-state index is 13.4. The summed E-state index contributed by atoms with van der Waals surface area (Å²) in [5.74, 6) is 0.495. The maximum Gasteiger partial charge on any atom is 0.307 e. The van der Waals surface area contributed by atoms with Gasteiger partial charge in [-0.3, -0.25) is 9.59 Å². The number of aromatic nitrogens is 1. The van der Waals surface area contributed by atoms with Gasteiger partial charge in [-0.05, 0) is 121 Å². The zero-order chi connectivity index (χ0) is 32.6. The van der Waals surface area contributed by atoms with Crippen LogP contribution in [0.2, 0.25) is 0 Å². The minimum atomic E-state index is -0.532. The molecular formula is C34H30FIN4O6. The number of hydrogen-bond acceptors (Lipinski definition) is 7. The zero-order valence-electron chi connectivity index (χ0n) is 25.2. The van der Waals surface area contributed by atoms with Crippen molar-refractivity contribution in [2.24, 2.45) is 5.10 Å². The van der Waals surface area contributed by atoms with Gasteiger partial charge < -0.3 is 28.5 Å². The summed E-state index contributed by atoms with van der Waals surface area (Å²) in [5, 5.41) is 6.60. The van der Waals surface area contributed by atoms with Gasteiger partial charge in [-0.15, -0.1) is 0 Å². The number of hydrazone groups is 1. The molecule has 0 fully saturated rings. The number of ether oxygens (including phenoxy) is 3. The molecule has 2 N–H and O–H groups in total. The minimum Gasteiger partial charge on any atom is -0.493 e. The molecule has 3 aromatic carbocycles. The molecule has 5 rings (SSSR count). The molecule has 2 aromatic heterocycles. The number of nitrogens with zero attached hydrogens (tertiary/aromatic N) is 2. The summed E-state index contributed by atoms with van der Waals surface area (Å²) in [4.78, 5) is 24.9. The van der Waals surface area contributed by atoms with Gasteiger partial charge in [-0.2, -0.15) is 5.10 Å². The van der Waals surface area contributed by atoms with Gasteiger partial charge >= 0.3 is 5.91 Å². The van der Waals surface area contributed by atoms with Gasteiger partial charge in [-0.1, -0.05) is 6.07 Å². The van der Waals surface area contributed by atoms with Crippen molar-refractivity contribution in [1.82, 2.24) is 9.99 Å². The summed E-state index contributed by atoms with van der Waals surface area (Å²) in [7, 11) is 1.46. The molecule has 10 nitrogen and oxygen atoms in total. The first-order valence-electron chi connectivity index (χ1n) is 14.1. The van der Waals surface area contributed by atoms with Crippen molar-refractivity contribution < 1.29 is 32.6 Å².